The summed E-state index contributed by atoms with van der Waals surface area (Å²) >= 11 is 1.50. The van der Waals surface area contributed by atoms with Crippen molar-refractivity contribution in [1.29, 1.82) is 5.26 Å². The molecular weight excluding hydrogens is 398 g/mol. The number of hydrogen-bond acceptors (Lipinski definition) is 6. The summed E-state index contributed by atoms with van der Waals surface area (Å²) in [5.74, 6) is -0.713. The number of rotatable bonds is 6. The molecule has 4 rings (SSSR count). The van der Waals surface area contributed by atoms with Crippen LogP contribution in [0.4, 0.5) is 0 Å². The number of aryl methyl sites for hydroxylation is 2. The molecule has 0 radical (unpaired) electrons. The van der Waals surface area contributed by atoms with Crippen LogP contribution in [0.15, 0.2) is 35.1 Å². The van der Waals surface area contributed by atoms with Crippen molar-refractivity contribution >= 4 is 33.4 Å². The van der Waals surface area contributed by atoms with Crippen molar-refractivity contribution in [2.45, 2.75) is 38.5 Å². The highest BCUT2D eigenvalue weighted by Gasteiger charge is 2.25. The van der Waals surface area contributed by atoms with E-state index in [1.807, 2.05) is 37.3 Å². The van der Waals surface area contributed by atoms with Gasteiger partial charge in [0, 0.05) is 4.88 Å². The third-order valence-electron chi connectivity index (χ3n) is 5.16. The molecule has 1 atom stereocenters. The molecule has 1 N–H and O–H groups in total. The van der Waals surface area contributed by atoms with Gasteiger partial charge in [-0.3, -0.25) is 9.59 Å². The van der Waals surface area contributed by atoms with Gasteiger partial charge in [-0.15, -0.1) is 11.3 Å². The fraction of sp³-hybridized carbons (Fsp3) is 0.304. The smallest absolute Gasteiger partial charge is 0.259 e. The lowest BCUT2D eigenvalue weighted by molar-refractivity contribution is -0.114. The van der Waals surface area contributed by atoms with E-state index in [4.69, 9.17) is 4.74 Å². The fourth-order valence-corrected chi connectivity index (χ4v) is 4.96. The van der Waals surface area contributed by atoms with Gasteiger partial charge in [0.1, 0.15) is 16.4 Å². The van der Waals surface area contributed by atoms with E-state index in [2.05, 4.69) is 9.97 Å². The third kappa shape index (κ3) is 3.91. The molecule has 0 amide bonds. The van der Waals surface area contributed by atoms with Gasteiger partial charge in [0.2, 0.25) is 0 Å². The standard InChI is InChI=1S/C23H21N3O3S/c1-2-29-15-10-7-14(8-11-15)9-12-18(27)17(13-24)21-25-22(28)20-16-5-3-4-6-19(16)30-23(20)26-21/h7-12,17H,2-6H2,1H3,(H,25,26,28)/b12-9+. The van der Waals surface area contributed by atoms with E-state index < -0.39 is 11.7 Å². The lowest BCUT2D eigenvalue weighted by Crippen LogP contribution is -2.18. The lowest BCUT2D eigenvalue weighted by Gasteiger charge is -2.09. The molecule has 6 nitrogen and oxygen atoms in total. The number of ether oxygens (including phenoxy) is 1. The minimum absolute atomic E-state index is 0.106. The number of thiophene rings is 1. The minimum Gasteiger partial charge on any atom is -0.494 e. The van der Waals surface area contributed by atoms with E-state index in [-0.39, 0.29) is 11.4 Å². The molecule has 1 aliphatic carbocycles. The van der Waals surface area contributed by atoms with Crippen LogP contribution in [0.3, 0.4) is 0 Å². The summed E-state index contributed by atoms with van der Waals surface area (Å²) < 4.78 is 5.40. The predicted molar refractivity (Wildman–Crippen MR) is 117 cm³/mol. The molecule has 152 valence electrons. The number of fused-ring (bicyclic) bond motifs is 3. The van der Waals surface area contributed by atoms with Crippen molar-refractivity contribution < 1.29 is 9.53 Å². The fourth-order valence-electron chi connectivity index (χ4n) is 3.69. The van der Waals surface area contributed by atoms with Gasteiger partial charge in [-0.1, -0.05) is 18.2 Å². The molecule has 0 fully saturated rings. The molecule has 2 heterocycles. The number of aromatic amines is 1. The normalized spacial score (nSPS) is 14.4. The summed E-state index contributed by atoms with van der Waals surface area (Å²) in [6.07, 6.45) is 7.01. The molecule has 1 unspecified atom stereocenters. The number of nitrogens with zero attached hydrogens (tertiary/aromatic N) is 2. The number of ketones is 1. The highest BCUT2D eigenvalue weighted by atomic mass is 32.1. The number of carbonyl (C=O) groups is 1. The molecule has 0 spiro atoms. The molecular formula is C23H21N3O3S. The number of carbonyl (C=O) groups excluding carboxylic acids is 1. The van der Waals surface area contributed by atoms with E-state index in [0.717, 1.165) is 42.6 Å². The van der Waals surface area contributed by atoms with Gasteiger partial charge in [-0.2, -0.15) is 5.26 Å². The Bertz CT molecular complexity index is 1220. The summed E-state index contributed by atoms with van der Waals surface area (Å²) in [5.41, 5.74) is 1.63. The van der Waals surface area contributed by atoms with E-state index in [9.17, 15) is 14.9 Å². The first kappa shape index (κ1) is 20.0. The van der Waals surface area contributed by atoms with Gasteiger partial charge >= 0.3 is 0 Å². The summed E-state index contributed by atoms with van der Waals surface area (Å²) in [6.45, 7) is 2.50. The maximum absolute atomic E-state index is 12.7. The Labute approximate surface area is 177 Å². The molecule has 7 heteroatoms. The zero-order chi connectivity index (χ0) is 21.1. The highest BCUT2D eigenvalue weighted by molar-refractivity contribution is 7.18. The second-order valence-corrected chi connectivity index (χ2v) is 8.23. The monoisotopic (exact) mass is 419 g/mol. The first-order valence-electron chi connectivity index (χ1n) is 9.99. The van der Waals surface area contributed by atoms with Crippen LogP contribution in [0.5, 0.6) is 5.75 Å². The molecule has 30 heavy (non-hydrogen) atoms. The first-order chi connectivity index (χ1) is 14.6. The number of H-pyrrole nitrogens is 1. The van der Waals surface area contributed by atoms with Crippen molar-refractivity contribution in [3.05, 3.63) is 62.5 Å². The SMILES string of the molecule is CCOc1ccc(/C=C/C(=O)C(C#N)c2nc3sc4c(c3c(=O)[nH]2)CCCC4)cc1. The van der Waals surface area contributed by atoms with Crippen molar-refractivity contribution in [3.63, 3.8) is 0 Å². The van der Waals surface area contributed by atoms with Crippen LogP contribution < -0.4 is 10.3 Å². The Hall–Kier alpha value is -3.24. The second-order valence-electron chi connectivity index (χ2n) is 7.14. The number of nitriles is 1. The van der Waals surface area contributed by atoms with E-state index >= 15 is 0 Å². The number of hydrogen-bond donors (Lipinski definition) is 1. The second kappa shape index (κ2) is 8.64. The van der Waals surface area contributed by atoms with E-state index in [1.165, 1.54) is 22.3 Å². The third-order valence-corrected chi connectivity index (χ3v) is 6.35. The van der Waals surface area contributed by atoms with Crippen LogP contribution in [-0.2, 0) is 17.6 Å². The Morgan fingerprint density at radius 1 is 1.33 bits per heavy atom. The largest absolute Gasteiger partial charge is 0.494 e. The molecule has 2 aromatic heterocycles. The summed E-state index contributed by atoms with van der Waals surface area (Å²) in [6, 6.07) is 9.29. The Kier molecular flexibility index (Phi) is 5.77. The molecule has 0 saturated heterocycles. The summed E-state index contributed by atoms with van der Waals surface area (Å²) in [7, 11) is 0. The number of aromatic nitrogens is 2. The maximum Gasteiger partial charge on any atom is 0.259 e. The predicted octanol–water partition coefficient (Wildman–Crippen LogP) is 4.15. The minimum atomic E-state index is -1.15. The van der Waals surface area contributed by atoms with Crippen molar-refractivity contribution in [2.75, 3.05) is 6.61 Å². The van der Waals surface area contributed by atoms with Gasteiger partial charge in [0.25, 0.3) is 5.56 Å². The molecule has 0 bridgehead atoms. The summed E-state index contributed by atoms with van der Waals surface area (Å²) in [4.78, 5) is 34.4. The average molecular weight is 420 g/mol. The number of benzene rings is 1. The van der Waals surface area contributed by atoms with Crippen LogP contribution in [0.2, 0.25) is 0 Å². The van der Waals surface area contributed by atoms with Gasteiger partial charge in [-0.05, 0) is 61.9 Å². The first-order valence-corrected chi connectivity index (χ1v) is 10.8. The molecule has 0 saturated carbocycles. The van der Waals surface area contributed by atoms with Crippen LogP contribution in [-0.4, -0.2) is 22.4 Å². The quantitative estimate of drug-likeness (QED) is 0.606. The van der Waals surface area contributed by atoms with E-state index in [0.29, 0.717) is 16.8 Å². The van der Waals surface area contributed by atoms with Gasteiger partial charge in [0.15, 0.2) is 11.7 Å². The van der Waals surface area contributed by atoms with Crippen molar-refractivity contribution in [2.24, 2.45) is 0 Å². The van der Waals surface area contributed by atoms with Crippen LogP contribution >= 0.6 is 11.3 Å². The van der Waals surface area contributed by atoms with Crippen LogP contribution in [0, 0.1) is 11.3 Å². The van der Waals surface area contributed by atoms with Crippen molar-refractivity contribution in [1.82, 2.24) is 9.97 Å². The van der Waals surface area contributed by atoms with Crippen LogP contribution in [0.1, 0.15) is 47.5 Å². The Balaban J connectivity index is 1.60. The zero-order valence-corrected chi connectivity index (χ0v) is 17.4. The Morgan fingerprint density at radius 3 is 2.83 bits per heavy atom. The molecule has 0 aliphatic heterocycles. The summed E-state index contributed by atoms with van der Waals surface area (Å²) in [5, 5.41) is 10.2. The molecule has 1 aromatic carbocycles. The van der Waals surface area contributed by atoms with Gasteiger partial charge in [-0.25, -0.2) is 4.98 Å². The lowest BCUT2D eigenvalue weighted by atomic mass is 9.97. The number of allylic oxidation sites excluding steroid dienone is 1. The van der Waals surface area contributed by atoms with Gasteiger partial charge in [0.05, 0.1) is 18.1 Å². The topological polar surface area (TPSA) is 95.8 Å². The van der Waals surface area contributed by atoms with Crippen LogP contribution in [0.25, 0.3) is 16.3 Å². The zero-order valence-electron chi connectivity index (χ0n) is 16.6. The van der Waals surface area contributed by atoms with Gasteiger partial charge < -0.3 is 9.72 Å². The Morgan fingerprint density at radius 2 is 2.10 bits per heavy atom. The van der Waals surface area contributed by atoms with Crippen molar-refractivity contribution in [3.8, 4) is 11.8 Å². The van der Waals surface area contributed by atoms with E-state index in [1.54, 1.807) is 6.08 Å². The highest BCUT2D eigenvalue weighted by Crippen LogP contribution is 2.34. The number of nitrogens with one attached hydrogen (secondary N) is 1. The maximum atomic E-state index is 12.7. The molecule has 1 aliphatic rings. The molecule has 3 aromatic rings. The average Bonchev–Trinajstić information content (AvgIpc) is 3.13.